The lowest BCUT2D eigenvalue weighted by Crippen LogP contribution is -2.60. The molecule has 8 atom stereocenters. The molecule has 26 nitrogen and oxygen atoms in total. The molecule has 27 heteroatoms. The maximum atomic E-state index is 14.4. The van der Waals surface area contributed by atoms with Gasteiger partial charge in [0.2, 0.25) is 29.5 Å². The number of esters is 2. The Balaban J connectivity index is 1.98. The topological polar surface area (TPSA) is 348 Å². The van der Waals surface area contributed by atoms with Crippen molar-refractivity contribution in [3.05, 3.63) is 39.8 Å². The fourth-order valence-electron chi connectivity index (χ4n) is 8.56. The van der Waals surface area contributed by atoms with E-state index in [1.54, 1.807) is 64.7 Å². The summed E-state index contributed by atoms with van der Waals surface area (Å²) >= 11 is 1.04. The van der Waals surface area contributed by atoms with E-state index in [0.29, 0.717) is 12.0 Å². The second-order valence-corrected chi connectivity index (χ2v) is 23.5. The Kier molecular flexibility index (Phi) is 29.7. The minimum Gasteiger partial charge on any atom is -0.481 e. The molecule has 0 saturated heterocycles. The lowest BCUT2D eigenvalue weighted by molar-refractivity contribution is -0.149. The molecular formula is C59H88N10O16S. The van der Waals surface area contributed by atoms with Crippen molar-refractivity contribution in [1.82, 2.24) is 46.7 Å². The first kappa shape index (κ1) is 72.7. The number of amides is 8. The summed E-state index contributed by atoms with van der Waals surface area (Å²) < 4.78 is 22.4. The van der Waals surface area contributed by atoms with Crippen LogP contribution in [0.25, 0.3) is 0 Å². The number of carbonyl (C=O) groups is 11. The van der Waals surface area contributed by atoms with Gasteiger partial charge in [0.25, 0.3) is 17.7 Å². The molecule has 8 N–H and O–H groups in total. The zero-order valence-electron chi connectivity index (χ0n) is 51.9. The number of rotatable bonds is 20. The van der Waals surface area contributed by atoms with E-state index in [1.165, 1.54) is 38.3 Å². The molecule has 1 aliphatic rings. The van der Waals surface area contributed by atoms with E-state index in [4.69, 9.17) is 18.9 Å². The highest BCUT2D eigenvalue weighted by molar-refractivity contribution is 7.09. The van der Waals surface area contributed by atoms with Crippen molar-refractivity contribution in [3.63, 3.8) is 0 Å². The monoisotopic (exact) mass is 1220 g/mol. The van der Waals surface area contributed by atoms with Crippen molar-refractivity contribution in [2.24, 2.45) is 23.7 Å². The minimum atomic E-state index is -1.20. The Morgan fingerprint density at radius 3 is 2.03 bits per heavy atom. The normalized spacial score (nSPS) is 18.8. The van der Waals surface area contributed by atoms with Crippen molar-refractivity contribution in [2.75, 3.05) is 66.0 Å². The smallest absolute Gasteiger partial charge is 0.313 e. The number of nitrogens with zero attached hydrogens (tertiary/aromatic N) is 3. The van der Waals surface area contributed by atoms with Crippen LogP contribution < -0.4 is 42.0 Å². The lowest BCUT2D eigenvalue weighted by Gasteiger charge is -2.38. The molecule has 476 valence electrons. The van der Waals surface area contributed by atoms with Gasteiger partial charge >= 0.3 is 17.9 Å². The number of carboxylic acids is 1. The first-order valence-electron chi connectivity index (χ1n) is 28.7. The van der Waals surface area contributed by atoms with Gasteiger partial charge in [0.05, 0.1) is 50.0 Å². The van der Waals surface area contributed by atoms with Crippen LogP contribution in [-0.4, -0.2) is 181 Å². The van der Waals surface area contributed by atoms with E-state index in [0.717, 1.165) is 11.3 Å². The van der Waals surface area contributed by atoms with Gasteiger partial charge in [0, 0.05) is 69.2 Å². The number of carbonyl (C=O) groups excluding carboxylic acids is 10. The molecule has 0 spiro atoms. The molecule has 1 aromatic carbocycles. The highest BCUT2D eigenvalue weighted by Gasteiger charge is 2.39. The Labute approximate surface area is 507 Å². The molecule has 2 aromatic rings. The molecule has 0 bridgehead atoms. The van der Waals surface area contributed by atoms with Gasteiger partial charge in [-0.3, -0.25) is 57.6 Å². The molecule has 0 aliphatic carbocycles. The van der Waals surface area contributed by atoms with Crippen molar-refractivity contribution >= 4 is 82.2 Å². The molecule has 0 saturated carbocycles. The third-order valence-corrected chi connectivity index (χ3v) is 15.5. The maximum absolute atomic E-state index is 14.4. The number of nitrogens with one attached hydrogen (secondary N) is 7. The van der Waals surface area contributed by atoms with Crippen molar-refractivity contribution in [1.29, 1.82) is 0 Å². The van der Waals surface area contributed by atoms with Gasteiger partial charge in [-0.1, -0.05) is 61.0 Å². The van der Waals surface area contributed by atoms with Crippen molar-refractivity contribution < 1.29 is 76.8 Å². The average molecular weight is 1230 g/mol. The number of ether oxygens (including phenoxy) is 4. The van der Waals surface area contributed by atoms with E-state index in [1.807, 2.05) is 27.7 Å². The van der Waals surface area contributed by atoms with E-state index in [-0.39, 0.29) is 117 Å². The number of likely N-dealkylation sites (N-methyl/N-ethyl adjacent to an activating group) is 2. The average Bonchev–Trinajstić information content (AvgIpc) is 3.56. The van der Waals surface area contributed by atoms with Crippen LogP contribution in [0.5, 0.6) is 5.75 Å². The SMILES string of the molecule is CC[C@H](C)[C@H](NC(=O)C(C)(C)N(C)C)C(=O)N(C)[C@H](C[C@@H](OC(C)=O)c1nc(C(=O)N[C@@H](Cc2ccc3c(c2)NC(=O)C(C(C)C)NC(=O)C(C)NC(=O)CCOCCNC(=O)C#CC(=O)NCCOCCC(=O)O3)CC(C)C(=O)O)cs1)C(C)C. The Bertz CT molecular complexity index is 2770. The van der Waals surface area contributed by atoms with Crippen LogP contribution in [-0.2, 0) is 68.6 Å². The maximum Gasteiger partial charge on any atom is 0.313 e. The summed E-state index contributed by atoms with van der Waals surface area (Å²) in [6, 6.07) is -0.210. The number of hydrogen-bond acceptors (Lipinski definition) is 18. The second-order valence-electron chi connectivity index (χ2n) is 22.6. The molecule has 0 radical (unpaired) electrons. The number of aliphatic carboxylic acids is 1. The van der Waals surface area contributed by atoms with Gasteiger partial charge in [-0.2, -0.15) is 0 Å². The quantitative estimate of drug-likeness (QED) is 0.0536. The molecule has 86 heavy (non-hydrogen) atoms. The minimum absolute atomic E-state index is 0.00854. The summed E-state index contributed by atoms with van der Waals surface area (Å²) in [6.45, 7) is 18.4. The molecule has 1 aromatic heterocycles. The van der Waals surface area contributed by atoms with Gasteiger partial charge in [-0.15, -0.1) is 11.3 Å². The number of aromatic nitrogens is 1. The fourth-order valence-corrected chi connectivity index (χ4v) is 9.39. The summed E-state index contributed by atoms with van der Waals surface area (Å²) in [6.07, 6.45) is -0.911. The van der Waals surface area contributed by atoms with E-state index in [2.05, 4.69) is 54.0 Å². The summed E-state index contributed by atoms with van der Waals surface area (Å²) in [7, 11) is 5.19. The van der Waals surface area contributed by atoms with Crippen molar-refractivity contribution in [3.8, 4) is 17.6 Å². The van der Waals surface area contributed by atoms with Crippen LogP contribution in [0.15, 0.2) is 23.6 Å². The van der Waals surface area contributed by atoms with Gasteiger partial charge in [-0.05, 0) is 83.2 Å². The fraction of sp³-hybridized carbons (Fsp3) is 0.627. The number of thiazole rings is 1. The number of benzene rings is 1. The Morgan fingerprint density at radius 1 is 0.860 bits per heavy atom. The van der Waals surface area contributed by atoms with Crippen LogP contribution in [0.3, 0.4) is 0 Å². The summed E-state index contributed by atoms with van der Waals surface area (Å²) in [5.41, 5.74) is -0.606. The summed E-state index contributed by atoms with van der Waals surface area (Å²) in [5.74, 6) is -5.14. The standard InChI is InChI=1S/C59H88N10O16S/c1-15-35(6)51(67-58(81)59(10,11)68(12)13)56(78)69(14)43(33(2)3)31-45(84-38(9)70)55-65-42(32-86-55)53(76)63-40(28-36(7)57(79)80)29-39-16-17-44-41(30-39)64-54(77)50(34(4)5)66-52(75)37(8)62-48(73)20-24-82-26-22-60-46(71)18-19-47(72)61-23-27-83-25-21-49(74)85-44/h16-17,30,32-37,40,43,45,50-51H,15,20-29,31H2,1-14H3,(H,60,71)(H,61,72)(H,62,73)(H,63,76)(H,64,77)(H,66,75)(H,67,81)(H,79,80)/t35-,36?,37?,40+,43+,45+,50?,51-/m0/s1. The predicted molar refractivity (Wildman–Crippen MR) is 318 cm³/mol. The summed E-state index contributed by atoms with van der Waals surface area (Å²) in [5, 5.41) is 30.5. The van der Waals surface area contributed by atoms with Crippen LogP contribution in [0.4, 0.5) is 5.69 Å². The summed E-state index contributed by atoms with van der Waals surface area (Å²) in [4.78, 5) is 153. The largest absolute Gasteiger partial charge is 0.481 e. The molecule has 1 aliphatic heterocycles. The zero-order valence-corrected chi connectivity index (χ0v) is 52.7. The van der Waals surface area contributed by atoms with Crippen LogP contribution in [0.2, 0.25) is 0 Å². The number of fused-ring (bicyclic) bond motifs is 1. The molecular weight excluding hydrogens is 1140 g/mol. The van der Waals surface area contributed by atoms with E-state index in [9.17, 15) is 57.8 Å². The number of hydrogen-bond donors (Lipinski definition) is 8. The van der Waals surface area contributed by atoms with Crippen LogP contribution in [0.1, 0.15) is 135 Å². The molecule has 8 amide bonds. The highest BCUT2D eigenvalue weighted by Crippen LogP contribution is 2.32. The number of anilines is 1. The van der Waals surface area contributed by atoms with E-state index >= 15 is 0 Å². The zero-order chi connectivity index (χ0) is 64.6. The molecule has 3 unspecified atom stereocenters. The third-order valence-electron chi connectivity index (χ3n) is 14.5. The van der Waals surface area contributed by atoms with E-state index < -0.39 is 107 Å². The van der Waals surface area contributed by atoms with Crippen molar-refractivity contribution in [2.45, 2.75) is 157 Å². The van der Waals surface area contributed by atoms with Crippen LogP contribution >= 0.6 is 11.3 Å². The predicted octanol–water partition coefficient (Wildman–Crippen LogP) is 2.50. The van der Waals surface area contributed by atoms with Gasteiger partial charge in [0.15, 0.2) is 11.9 Å². The van der Waals surface area contributed by atoms with Gasteiger partial charge in [0.1, 0.15) is 28.8 Å². The number of carboxylic acid groups (broad SMARTS) is 1. The van der Waals surface area contributed by atoms with Crippen LogP contribution in [0, 0.1) is 35.5 Å². The van der Waals surface area contributed by atoms with Gasteiger partial charge in [-0.25, -0.2) is 4.98 Å². The van der Waals surface area contributed by atoms with Gasteiger partial charge < -0.3 is 66.2 Å². The molecule has 2 heterocycles. The molecule has 3 rings (SSSR count). The second kappa shape index (κ2) is 35.2. The lowest BCUT2D eigenvalue weighted by atomic mass is 9.92. The first-order chi connectivity index (χ1) is 40.4. The Morgan fingerprint density at radius 2 is 1.48 bits per heavy atom. The highest BCUT2D eigenvalue weighted by atomic mass is 32.1. The molecule has 0 fully saturated rings. The first-order valence-corrected chi connectivity index (χ1v) is 29.6. The Hall–Kier alpha value is -7.54. The third kappa shape index (κ3) is 23.7.